The number of hydrogen-bond donors (Lipinski definition) is 1. The van der Waals surface area contributed by atoms with Crippen molar-refractivity contribution in [2.24, 2.45) is 16.8 Å². The fraction of sp³-hybridized carbons (Fsp3) is 0.273. The van der Waals surface area contributed by atoms with Crippen LogP contribution in [0.1, 0.15) is 5.56 Å². The zero-order valence-corrected chi connectivity index (χ0v) is 10.4. The Kier molecular flexibility index (Phi) is 4.99. The molecule has 0 heterocycles. The Morgan fingerprint density at radius 1 is 1.05 bits per heavy atom. The van der Waals surface area contributed by atoms with E-state index in [0.717, 1.165) is 24.3 Å². The maximum atomic E-state index is 12.6. The molecule has 122 valence electrons. The van der Waals surface area contributed by atoms with E-state index < -0.39 is 35.9 Å². The summed E-state index contributed by atoms with van der Waals surface area (Å²) >= 11 is 0. The van der Waals surface area contributed by atoms with Crippen molar-refractivity contribution < 1.29 is 40.4 Å². The number of carbonyl (C=O) groups is 1. The Morgan fingerprint density at radius 3 is 1.91 bits per heavy atom. The van der Waals surface area contributed by atoms with Crippen molar-refractivity contribution in [3.63, 3.8) is 0 Å². The number of rotatable bonds is 3. The molecule has 0 radical (unpaired) electrons. The van der Waals surface area contributed by atoms with Crippen molar-refractivity contribution in [1.82, 2.24) is 0 Å². The first kappa shape index (κ1) is 17.7. The first-order valence-corrected chi connectivity index (χ1v) is 5.36. The van der Waals surface area contributed by atoms with Gasteiger partial charge in [0.15, 0.2) is 5.84 Å². The lowest BCUT2D eigenvalue weighted by atomic mass is 10.1. The van der Waals surface area contributed by atoms with Gasteiger partial charge in [-0.3, -0.25) is 0 Å². The van der Waals surface area contributed by atoms with E-state index in [1.54, 1.807) is 0 Å². The minimum atomic E-state index is -5.89. The van der Waals surface area contributed by atoms with Crippen molar-refractivity contribution in [3.05, 3.63) is 35.6 Å². The molecule has 1 aromatic carbocycles. The summed E-state index contributed by atoms with van der Waals surface area (Å²) in [6.07, 6.45) is -11.8. The molecule has 0 spiro atoms. The van der Waals surface area contributed by atoms with Crippen LogP contribution in [0.3, 0.4) is 0 Å². The number of nitrogens with two attached hydrogens (primary N) is 1. The molecule has 0 atom stereocenters. The summed E-state index contributed by atoms with van der Waals surface area (Å²) in [5, 5.41) is 2.69. The monoisotopic (exact) mass is 332 g/mol. The second kappa shape index (κ2) is 6.20. The predicted molar refractivity (Wildman–Crippen MR) is 58.8 cm³/mol. The van der Waals surface area contributed by atoms with Crippen LogP contribution in [0.25, 0.3) is 0 Å². The first-order chi connectivity index (χ1) is 9.93. The molecular weight excluding hydrogens is 325 g/mol. The van der Waals surface area contributed by atoms with Crippen LogP contribution in [0, 0.1) is 11.7 Å². The van der Waals surface area contributed by atoms with Crippen molar-refractivity contribution in [2.45, 2.75) is 12.4 Å². The third-order valence-corrected chi connectivity index (χ3v) is 2.26. The SMILES string of the molecule is N/C(=N\OC(=O)C(C(F)(F)F)C(F)(F)F)c1ccc(F)cc1. The van der Waals surface area contributed by atoms with E-state index in [9.17, 15) is 35.5 Å². The largest absolute Gasteiger partial charge is 0.411 e. The Hall–Kier alpha value is -2.33. The van der Waals surface area contributed by atoms with E-state index >= 15 is 0 Å². The van der Waals surface area contributed by atoms with Gasteiger partial charge in [-0.05, 0) is 24.3 Å². The lowest BCUT2D eigenvalue weighted by Gasteiger charge is -2.19. The van der Waals surface area contributed by atoms with Gasteiger partial charge in [0.25, 0.3) is 0 Å². The van der Waals surface area contributed by atoms with Crippen LogP contribution in [0.5, 0.6) is 0 Å². The fourth-order valence-corrected chi connectivity index (χ4v) is 1.27. The van der Waals surface area contributed by atoms with E-state index in [2.05, 4.69) is 9.99 Å². The summed E-state index contributed by atoms with van der Waals surface area (Å²) in [6, 6.07) is 3.89. The van der Waals surface area contributed by atoms with Gasteiger partial charge < -0.3 is 10.6 Å². The van der Waals surface area contributed by atoms with E-state index in [4.69, 9.17) is 5.73 Å². The van der Waals surface area contributed by atoms with Gasteiger partial charge in [0, 0.05) is 5.56 Å². The summed E-state index contributed by atoms with van der Waals surface area (Å²) in [4.78, 5) is 14.5. The van der Waals surface area contributed by atoms with Crippen LogP contribution in [0.4, 0.5) is 30.7 Å². The van der Waals surface area contributed by atoms with Crippen molar-refractivity contribution >= 4 is 11.8 Å². The van der Waals surface area contributed by atoms with Gasteiger partial charge in [-0.25, -0.2) is 9.18 Å². The molecule has 4 nitrogen and oxygen atoms in total. The molecule has 0 aliphatic heterocycles. The molecule has 0 aliphatic carbocycles. The van der Waals surface area contributed by atoms with Gasteiger partial charge >= 0.3 is 18.3 Å². The quantitative estimate of drug-likeness (QED) is 0.304. The topological polar surface area (TPSA) is 64.7 Å². The van der Waals surface area contributed by atoms with Gasteiger partial charge in [0.1, 0.15) is 5.82 Å². The Balaban J connectivity index is 2.91. The maximum absolute atomic E-state index is 12.6. The van der Waals surface area contributed by atoms with Gasteiger partial charge in [0.05, 0.1) is 0 Å². The minimum Gasteiger partial charge on any atom is -0.380 e. The number of nitrogens with zero attached hydrogens (tertiary/aromatic N) is 1. The molecule has 0 aromatic heterocycles. The smallest absolute Gasteiger partial charge is 0.380 e. The number of carbonyl (C=O) groups excluding carboxylic acids is 1. The van der Waals surface area contributed by atoms with Crippen LogP contribution in [0.2, 0.25) is 0 Å². The first-order valence-electron chi connectivity index (χ1n) is 5.36. The van der Waals surface area contributed by atoms with E-state index in [1.807, 2.05) is 0 Å². The molecule has 1 aromatic rings. The second-order valence-corrected chi connectivity index (χ2v) is 3.91. The molecule has 0 saturated heterocycles. The van der Waals surface area contributed by atoms with Crippen LogP contribution < -0.4 is 5.73 Å². The Labute approximate surface area is 118 Å². The molecule has 0 saturated carbocycles. The average molecular weight is 332 g/mol. The summed E-state index contributed by atoms with van der Waals surface area (Å²) in [5.41, 5.74) is 5.13. The molecule has 0 unspecified atom stereocenters. The van der Waals surface area contributed by atoms with Gasteiger partial charge in [-0.15, -0.1) is 0 Å². The molecule has 0 amide bonds. The number of oxime groups is 1. The summed E-state index contributed by atoms with van der Waals surface area (Å²) in [5.74, 6) is -8.38. The van der Waals surface area contributed by atoms with Gasteiger partial charge in [0.2, 0.25) is 5.92 Å². The highest BCUT2D eigenvalue weighted by atomic mass is 19.4. The number of hydrogen-bond acceptors (Lipinski definition) is 3. The lowest BCUT2D eigenvalue weighted by molar-refractivity contribution is -0.282. The zero-order valence-electron chi connectivity index (χ0n) is 10.4. The fourth-order valence-electron chi connectivity index (χ4n) is 1.27. The Morgan fingerprint density at radius 2 is 1.50 bits per heavy atom. The molecule has 2 N–H and O–H groups in total. The summed E-state index contributed by atoms with van der Waals surface area (Å²) in [6.45, 7) is 0. The van der Waals surface area contributed by atoms with Crippen LogP contribution in [-0.2, 0) is 9.63 Å². The van der Waals surface area contributed by atoms with Crippen LogP contribution in [0.15, 0.2) is 29.4 Å². The molecule has 0 fully saturated rings. The molecular formula is C11H7F7N2O2. The average Bonchev–Trinajstić information content (AvgIpc) is 2.33. The van der Waals surface area contributed by atoms with E-state index in [0.29, 0.717) is 0 Å². The van der Waals surface area contributed by atoms with Gasteiger partial charge in [-0.1, -0.05) is 5.16 Å². The third kappa shape index (κ3) is 4.60. The predicted octanol–water partition coefficient (Wildman–Crippen LogP) is 2.73. The molecule has 11 heteroatoms. The van der Waals surface area contributed by atoms with Crippen molar-refractivity contribution in [3.8, 4) is 0 Å². The summed E-state index contributed by atoms with van der Waals surface area (Å²) in [7, 11) is 0. The molecule has 0 aliphatic rings. The minimum absolute atomic E-state index is 0.0650. The van der Waals surface area contributed by atoms with Crippen LogP contribution in [-0.4, -0.2) is 24.2 Å². The highest BCUT2D eigenvalue weighted by molar-refractivity contribution is 5.97. The lowest BCUT2D eigenvalue weighted by Crippen LogP contribution is -2.43. The number of amidine groups is 1. The standard InChI is InChI=1S/C11H7F7N2O2/c12-6-3-1-5(2-4-6)8(19)20-22-9(21)7(10(13,14)15)11(16,17)18/h1-4,7H,(H2,19,20). The molecule has 22 heavy (non-hydrogen) atoms. The summed E-state index contributed by atoms with van der Waals surface area (Å²) < 4.78 is 85.9. The zero-order chi connectivity index (χ0) is 17.1. The molecule has 0 bridgehead atoms. The number of halogens is 7. The van der Waals surface area contributed by atoms with Crippen molar-refractivity contribution in [2.75, 3.05) is 0 Å². The van der Waals surface area contributed by atoms with Crippen molar-refractivity contribution in [1.29, 1.82) is 0 Å². The van der Waals surface area contributed by atoms with Crippen LogP contribution >= 0.6 is 0 Å². The van der Waals surface area contributed by atoms with E-state index in [1.165, 1.54) is 0 Å². The maximum Gasteiger partial charge on any atom is 0.411 e. The highest BCUT2D eigenvalue weighted by Crippen LogP contribution is 2.39. The van der Waals surface area contributed by atoms with E-state index in [-0.39, 0.29) is 5.56 Å². The molecule has 1 rings (SSSR count). The normalized spacial score (nSPS) is 13.4. The highest BCUT2D eigenvalue weighted by Gasteiger charge is 2.62. The third-order valence-electron chi connectivity index (χ3n) is 2.26. The Bertz CT molecular complexity index is 549. The number of benzene rings is 1. The van der Waals surface area contributed by atoms with Gasteiger partial charge in [-0.2, -0.15) is 26.3 Å². The second-order valence-electron chi connectivity index (χ2n) is 3.91. The number of alkyl halides is 6.